The maximum atomic E-state index is 11.9. The van der Waals surface area contributed by atoms with Crippen LogP contribution < -0.4 is 10.1 Å². The minimum absolute atomic E-state index is 0.0158. The van der Waals surface area contributed by atoms with Crippen molar-refractivity contribution in [1.29, 1.82) is 0 Å². The number of nitro groups is 1. The van der Waals surface area contributed by atoms with Crippen LogP contribution >= 0.6 is 0 Å². The van der Waals surface area contributed by atoms with Gasteiger partial charge in [0.1, 0.15) is 28.7 Å². The number of benzene rings is 2. The maximum Gasteiger partial charge on any atom is 0.289 e. The molecule has 28 heavy (non-hydrogen) atoms. The normalized spacial score (nSPS) is 10.5. The molecule has 0 saturated heterocycles. The number of nitro benzene ring substituents is 1. The van der Waals surface area contributed by atoms with Crippen LogP contribution in [0, 0.1) is 10.1 Å². The van der Waals surface area contributed by atoms with Crippen LogP contribution in [0.3, 0.4) is 0 Å². The van der Waals surface area contributed by atoms with Gasteiger partial charge in [0.2, 0.25) is 5.76 Å². The number of hydrogen-bond acceptors (Lipinski definition) is 8. The number of ether oxygens (including phenoxy) is 1. The van der Waals surface area contributed by atoms with Gasteiger partial charge >= 0.3 is 0 Å². The number of amides is 1. The van der Waals surface area contributed by atoms with Crippen LogP contribution in [0.15, 0.2) is 47.0 Å². The smallest absolute Gasteiger partial charge is 0.289 e. The van der Waals surface area contributed by atoms with Crippen molar-refractivity contribution in [1.82, 2.24) is 10.5 Å². The van der Waals surface area contributed by atoms with E-state index in [1.807, 2.05) is 0 Å². The second kappa shape index (κ2) is 7.66. The molecule has 3 rings (SSSR count). The summed E-state index contributed by atoms with van der Waals surface area (Å²) in [6.07, 6.45) is 0. The number of hydrogen-bond donors (Lipinski definition) is 3. The first-order valence-electron chi connectivity index (χ1n) is 8.12. The Morgan fingerprint density at radius 1 is 1.25 bits per heavy atom. The first kappa shape index (κ1) is 18.7. The number of carbonyl (C=O) groups excluding carboxylic acids is 1. The van der Waals surface area contributed by atoms with Crippen molar-refractivity contribution in [2.45, 2.75) is 6.92 Å². The molecule has 3 N–H and O–H groups in total. The van der Waals surface area contributed by atoms with Crippen molar-refractivity contribution in [3.8, 4) is 34.3 Å². The molecule has 0 spiro atoms. The number of rotatable bonds is 6. The third-order valence-corrected chi connectivity index (χ3v) is 3.67. The highest BCUT2D eigenvalue weighted by Gasteiger charge is 2.21. The third-order valence-electron chi connectivity index (χ3n) is 3.67. The topological polar surface area (TPSA) is 148 Å². The van der Waals surface area contributed by atoms with Crippen molar-refractivity contribution in [3.05, 3.63) is 58.3 Å². The number of aromatic nitrogens is 1. The van der Waals surface area contributed by atoms with E-state index in [2.05, 4.69) is 10.5 Å². The summed E-state index contributed by atoms with van der Waals surface area (Å²) in [7, 11) is 0. The molecular formula is C18H15N3O7. The Kier molecular flexibility index (Phi) is 5.12. The molecule has 0 atom stereocenters. The van der Waals surface area contributed by atoms with Gasteiger partial charge in [0, 0.05) is 36.9 Å². The molecule has 2 aromatic carbocycles. The lowest BCUT2D eigenvalue weighted by Crippen LogP contribution is -2.21. The quantitative estimate of drug-likeness (QED) is 0.433. The Bertz CT molecular complexity index is 1030. The second-order valence-electron chi connectivity index (χ2n) is 5.63. The van der Waals surface area contributed by atoms with Gasteiger partial charge in [0.15, 0.2) is 0 Å². The van der Waals surface area contributed by atoms with E-state index in [4.69, 9.17) is 9.26 Å². The zero-order valence-corrected chi connectivity index (χ0v) is 14.6. The summed E-state index contributed by atoms with van der Waals surface area (Å²) in [5, 5.41) is 37.1. The fourth-order valence-corrected chi connectivity index (χ4v) is 2.44. The molecule has 0 bridgehead atoms. The molecule has 1 amide bonds. The van der Waals surface area contributed by atoms with E-state index in [1.54, 1.807) is 6.92 Å². The lowest BCUT2D eigenvalue weighted by Gasteiger charge is -2.11. The summed E-state index contributed by atoms with van der Waals surface area (Å²) in [4.78, 5) is 22.1. The number of nitrogens with zero attached hydrogens (tertiary/aromatic N) is 2. The molecule has 0 saturated carbocycles. The van der Waals surface area contributed by atoms with Gasteiger partial charge in [-0.2, -0.15) is 0 Å². The SMILES string of the molecule is CCNC(=O)c1cc(-c2c(O)cc(O)cc2Oc2ccc([N+](=O)[O-])cc2)no1. The van der Waals surface area contributed by atoms with Crippen LogP contribution in [0.4, 0.5) is 5.69 Å². The second-order valence-corrected chi connectivity index (χ2v) is 5.63. The summed E-state index contributed by atoms with van der Waals surface area (Å²) >= 11 is 0. The molecule has 0 fully saturated rings. The van der Waals surface area contributed by atoms with Crippen LogP contribution in [0.2, 0.25) is 0 Å². The number of aromatic hydroxyl groups is 2. The predicted molar refractivity (Wildman–Crippen MR) is 96.4 cm³/mol. The number of phenolic OH excluding ortho intramolecular Hbond substituents is 2. The minimum atomic E-state index is -0.548. The van der Waals surface area contributed by atoms with E-state index in [9.17, 15) is 25.1 Å². The van der Waals surface area contributed by atoms with Gasteiger partial charge in [-0.05, 0) is 19.1 Å². The number of non-ortho nitro benzene ring substituents is 1. The van der Waals surface area contributed by atoms with Crippen molar-refractivity contribution >= 4 is 11.6 Å². The zero-order valence-electron chi connectivity index (χ0n) is 14.6. The highest BCUT2D eigenvalue weighted by Crippen LogP contribution is 2.42. The Morgan fingerprint density at radius 2 is 1.96 bits per heavy atom. The molecule has 0 aliphatic rings. The fraction of sp³-hybridized carbons (Fsp3) is 0.111. The van der Waals surface area contributed by atoms with Crippen LogP contribution in [0.5, 0.6) is 23.0 Å². The van der Waals surface area contributed by atoms with Crippen molar-refractivity contribution < 1.29 is 29.2 Å². The Hall–Kier alpha value is -4.08. The van der Waals surface area contributed by atoms with Gasteiger partial charge in [0.25, 0.3) is 11.6 Å². The lowest BCUT2D eigenvalue weighted by atomic mass is 10.1. The van der Waals surface area contributed by atoms with Crippen LogP contribution in [0.25, 0.3) is 11.3 Å². The lowest BCUT2D eigenvalue weighted by molar-refractivity contribution is -0.384. The molecule has 0 aliphatic carbocycles. The molecular weight excluding hydrogens is 370 g/mol. The Balaban J connectivity index is 1.98. The standard InChI is InChI=1S/C18H15N3O7/c1-2-19-18(24)16-9-13(20-28-16)17-14(23)7-11(22)8-15(17)27-12-5-3-10(4-6-12)21(25)26/h3-9,22-23H,2H2,1H3,(H,19,24). The average Bonchev–Trinajstić information content (AvgIpc) is 3.11. The van der Waals surface area contributed by atoms with Gasteiger partial charge in [-0.25, -0.2) is 0 Å². The summed E-state index contributed by atoms with van der Waals surface area (Å²) in [6.45, 7) is 2.14. The molecule has 144 valence electrons. The first-order chi connectivity index (χ1) is 13.4. The van der Waals surface area contributed by atoms with Crippen LogP contribution in [-0.2, 0) is 0 Å². The minimum Gasteiger partial charge on any atom is -0.508 e. The maximum absolute atomic E-state index is 11.9. The fourth-order valence-electron chi connectivity index (χ4n) is 2.44. The van der Waals surface area contributed by atoms with Crippen LogP contribution in [0.1, 0.15) is 17.5 Å². The molecule has 1 heterocycles. The van der Waals surface area contributed by atoms with Gasteiger partial charge in [0.05, 0.1) is 10.5 Å². The van der Waals surface area contributed by atoms with E-state index in [0.29, 0.717) is 6.54 Å². The third kappa shape index (κ3) is 3.85. The van der Waals surface area contributed by atoms with Gasteiger partial charge < -0.3 is 24.8 Å². The summed E-state index contributed by atoms with van der Waals surface area (Å²) < 4.78 is 10.7. The monoisotopic (exact) mass is 385 g/mol. The van der Waals surface area contributed by atoms with Gasteiger partial charge in [-0.3, -0.25) is 14.9 Å². The highest BCUT2D eigenvalue weighted by molar-refractivity contribution is 5.92. The van der Waals surface area contributed by atoms with Crippen molar-refractivity contribution in [2.75, 3.05) is 6.54 Å². The molecule has 1 aromatic heterocycles. The van der Waals surface area contributed by atoms with Crippen molar-refractivity contribution in [3.63, 3.8) is 0 Å². The zero-order chi connectivity index (χ0) is 20.3. The van der Waals surface area contributed by atoms with Crippen molar-refractivity contribution in [2.24, 2.45) is 0 Å². The molecule has 3 aromatic rings. The molecule has 0 unspecified atom stereocenters. The largest absolute Gasteiger partial charge is 0.508 e. The Labute approximate surface area is 158 Å². The molecule has 10 heteroatoms. The van der Waals surface area contributed by atoms with E-state index in [0.717, 1.165) is 6.07 Å². The van der Waals surface area contributed by atoms with E-state index in [1.165, 1.54) is 36.4 Å². The summed E-state index contributed by atoms with van der Waals surface area (Å²) in [5.74, 6) is -0.923. The average molecular weight is 385 g/mol. The van der Waals surface area contributed by atoms with Crippen LogP contribution in [-0.4, -0.2) is 32.7 Å². The van der Waals surface area contributed by atoms with E-state index >= 15 is 0 Å². The molecule has 10 nitrogen and oxygen atoms in total. The number of carbonyl (C=O) groups is 1. The summed E-state index contributed by atoms with van der Waals surface area (Å²) in [5.41, 5.74) is 0.0699. The summed E-state index contributed by atoms with van der Waals surface area (Å²) in [6, 6.07) is 8.87. The van der Waals surface area contributed by atoms with Gasteiger partial charge in [-0.1, -0.05) is 5.16 Å². The molecule has 0 aliphatic heterocycles. The van der Waals surface area contributed by atoms with E-state index < -0.39 is 10.8 Å². The predicted octanol–water partition coefficient (Wildman–Crippen LogP) is 3.20. The number of phenols is 2. The first-order valence-corrected chi connectivity index (χ1v) is 8.12. The van der Waals surface area contributed by atoms with Gasteiger partial charge in [-0.15, -0.1) is 0 Å². The highest BCUT2D eigenvalue weighted by atomic mass is 16.6. The van der Waals surface area contributed by atoms with E-state index in [-0.39, 0.29) is 45.7 Å². The Morgan fingerprint density at radius 3 is 2.61 bits per heavy atom. The number of nitrogens with one attached hydrogen (secondary N) is 1. The molecule has 0 radical (unpaired) electrons.